The number of aromatic amines is 1. The zero-order valence-corrected chi connectivity index (χ0v) is 21.9. The quantitative estimate of drug-likeness (QED) is 0.426. The van der Waals surface area contributed by atoms with Crippen molar-refractivity contribution < 1.29 is 19.4 Å². The summed E-state index contributed by atoms with van der Waals surface area (Å²) in [5, 5.41) is 14.4. The van der Waals surface area contributed by atoms with Gasteiger partial charge >= 0.3 is 5.97 Å². The fraction of sp³-hybridized carbons (Fsp3) is 0.448. The number of halogens is 1. The standard InChI is InChI=1S/C29H34ClN3O4/c1-19-18-37-25-8-3-2-6-20(25)7-4-5-11-29(28(36)31-19)12-14-33(15-13-29)17-23-22-16-21(30)9-10-24(22)32-26(23)27(34)35/h2-3,6,8-10,16,19,32H,4-5,7,11-15,17-18H2,1H3,(H,31,36)(H,34,35)/t19-/m1/s1. The molecule has 2 aliphatic rings. The van der Waals surface area contributed by atoms with E-state index in [2.05, 4.69) is 21.3 Å². The highest BCUT2D eigenvalue weighted by atomic mass is 35.5. The van der Waals surface area contributed by atoms with Crippen LogP contribution < -0.4 is 10.1 Å². The van der Waals surface area contributed by atoms with Crippen LogP contribution in [-0.2, 0) is 17.8 Å². The number of aromatic nitrogens is 1. The van der Waals surface area contributed by atoms with Gasteiger partial charge in [-0.15, -0.1) is 0 Å². The number of hydrogen-bond acceptors (Lipinski definition) is 4. The molecule has 1 saturated heterocycles. The van der Waals surface area contributed by atoms with Crippen molar-refractivity contribution in [2.24, 2.45) is 5.41 Å². The molecule has 1 fully saturated rings. The van der Waals surface area contributed by atoms with Gasteiger partial charge in [0.1, 0.15) is 18.1 Å². The number of para-hydroxylation sites is 1. The molecule has 3 N–H and O–H groups in total. The molecule has 1 aromatic heterocycles. The first-order chi connectivity index (χ1) is 17.8. The summed E-state index contributed by atoms with van der Waals surface area (Å²) in [5.74, 6) is 0.0426. The van der Waals surface area contributed by atoms with E-state index in [1.54, 1.807) is 6.07 Å². The number of carbonyl (C=O) groups is 2. The van der Waals surface area contributed by atoms with E-state index in [1.165, 1.54) is 5.56 Å². The van der Waals surface area contributed by atoms with Crippen molar-refractivity contribution in [3.63, 3.8) is 0 Å². The predicted molar refractivity (Wildman–Crippen MR) is 144 cm³/mol. The molecular weight excluding hydrogens is 490 g/mol. The lowest BCUT2D eigenvalue weighted by Gasteiger charge is -2.41. The van der Waals surface area contributed by atoms with Gasteiger partial charge in [-0.2, -0.15) is 0 Å². The Morgan fingerprint density at radius 1 is 1.16 bits per heavy atom. The average Bonchev–Trinajstić information content (AvgIpc) is 3.24. The number of nitrogens with zero attached hydrogens (tertiary/aromatic N) is 1. The van der Waals surface area contributed by atoms with Crippen molar-refractivity contribution in [2.45, 2.75) is 58.0 Å². The van der Waals surface area contributed by atoms with Crippen LogP contribution in [0.25, 0.3) is 10.9 Å². The molecule has 0 bridgehead atoms. The minimum atomic E-state index is -0.979. The Balaban J connectivity index is 1.31. The molecule has 1 atom stereocenters. The van der Waals surface area contributed by atoms with Crippen LogP contribution in [0.3, 0.4) is 0 Å². The topological polar surface area (TPSA) is 94.7 Å². The normalized spacial score (nSPS) is 20.9. The molecule has 3 heterocycles. The molecular formula is C29H34ClN3O4. The highest BCUT2D eigenvalue weighted by molar-refractivity contribution is 6.31. The van der Waals surface area contributed by atoms with Crippen LogP contribution in [0, 0.1) is 5.41 Å². The van der Waals surface area contributed by atoms with Gasteiger partial charge in [-0.1, -0.05) is 36.2 Å². The van der Waals surface area contributed by atoms with Gasteiger partial charge in [0.05, 0.1) is 11.5 Å². The monoisotopic (exact) mass is 523 g/mol. The number of amides is 1. The number of carbonyl (C=O) groups excluding carboxylic acids is 1. The number of likely N-dealkylation sites (tertiary alicyclic amines) is 1. The third kappa shape index (κ3) is 5.48. The van der Waals surface area contributed by atoms with E-state index in [1.807, 2.05) is 37.3 Å². The van der Waals surface area contributed by atoms with Gasteiger partial charge in [0.15, 0.2) is 0 Å². The second-order valence-electron chi connectivity index (χ2n) is 10.5. The van der Waals surface area contributed by atoms with E-state index >= 15 is 0 Å². The number of benzene rings is 2. The van der Waals surface area contributed by atoms with Crippen LogP contribution in [0.5, 0.6) is 5.75 Å². The summed E-state index contributed by atoms with van der Waals surface area (Å²) in [6.07, 6.45) is 5.26. The molecule has 0 unspecified atom stereocenters. The largest absolute Gasteiger partial charge is 0.491 e. The highest BCUT2D eigenvalue weighted by Crippen LogP contribution is 2.39. The van der Waals surface area contributed by atoms with Crippen LogP contribution in [0.1, 0.15) is 60.6 Å². The number of ether oxygens (including phenoxy) is 1. The molecule has 5 rings (SSSR count). The number of aryl methyl sites for hydroxylation is 1. The second kappa shape index (κ2) is 10.8. The maximum Gasteiger partial charge on any atom is 0.352 e. The van der Waals surface area contributed by atoms with Crippen molar-refractivity contribution in [3.05, 3.63) is 64.3 Å². The van der Waals surface area contributed by atoms with E-state index in [4.69, 9.17) is 16.3 Å². The molecule has 37 heavy (non-hydrogen) atoms. The van der Waals surface area contributed by atoms with Gasteiger partial charge in [-0.05, 0) is 81.9 Å². The van der Waals surface area contributed by atoms with Crippen molar-refractivity contribution in [3.8, 4) is 5.75 Å². The average molecular weight is 524 g/mol. The van der Waals surface area contributed by atoms with Crippen molar-refractivity contribution >= 4 is 34.4 Å². The third-order valence-corrected chi connectivity index (χ3v) is 8.18. The zero-order chi connectivity index (χ0) is 26.0. The smallest absolute Gasteiger partial charge is 0.352 e. The summed E-state index contributed by atoms with van der Waals surface area (Å²) >= 11 is 6.22. The van der Waals surface area contributed by atoms with Crippen LogP contribution in [-0.4, -0.2) is 52.6 Å². The molecule has 0 aliphatic carbocycles. The van der Waals surface area contributed by atoms with E-state index in [0.717, 1.165) is 73.8 Å². The predicted octanol–water partition coefficient (Wildman–Crippen LogP) is 5.41. The van der Waals surface area contributed by atoms with Crippen LogP contribution in [0.15, 0.2) is 42.5 Å². The summed E-state index contributed by atoms with van der Waals surface area (Å²) in [6.45, 7) is 4.39. The van der Waals surface area contributed by atoms with Gasteiger partial charge in [-0.25, -0.2) is 4.79 Å². The number of fused-ring (bicyclic) bond motifs is 2. The maximum atomic E-state index is 13.6. The van der Waals surface area contributed by atoms with Gasteiger partial charge in [0.2, 0.25) is 5.91 Å². The second-order valence-corrected chi connectivity index (χ2v) is 11.0. The molecule has 0 radical (unpaired) electrons. The molecule has 196 valence electrons. The number of carboxylic acids is 1. The summed E-state index contributed by atoms with van der Waals surface area (Å²) in [4.78, 5) is 30.8. The summed E-state index contributed by atoms with van der Waals surface area (Å²) < 4.78 is 6.06. The minimum Gasteiger partial charge on any atom is -0.491 e. The molecule has 7 nitrogen and oxygen atoms in total. The molecule has 1 amide bonds. The Kier molecular flexibility index (Phi) is 7.45. The zero-order valence-electron chi connectivity index (χ0n) is 21.2. The first-order valence-electron chi connectivity index (χ1n) is 13.1. The van der Waals surface area contributed by atoms with Gasteiger partial charge < -0.3 is 20.1 Å². The Morgan fingerprint density at radius 2 is 1.95 bits per heavy atom. The number of rotatable bonds is 3. The fourth-order valence-corrected chi connectivity index (χ4v) is 5.96. The highest BCUT2D eigenvalue weighted by Gasteiger charge is 2.41. The lowest BCUT2D eigenvalue weighted by molar-refractivity contribution is -0.135. The van der Waals surface area contributed by atoms with Gasteiger partial charge in [0.25, 0.3) is 0 Å². The molecule has 2 aromatic carbocycles. The summed E-state index contributed by atoms with van der Waals surface area (Å²) in [5.41, 5.74) is 2.52. The molecule has 1 spiro atoms. The number of hydrogen-bond donors (Lipinski definition) is 3. The Bertz CT molecular complexity index is 1300. The van der Waals surface area contributed by atoms with Gasteiger partial charge in [0, 0.05) is 28.0 Å². The Labute approximate surface area is 222 Å². The fourth-order valence-electron chi connectivity index (χ4n) is 5.78. The number of H-pyrrole nitrogens is 1. The number of nitrogens with one attached hydrogen (secondary N) is 2. The number of aromatic carboxylic acids is 1. The van der Waals surface area contributed by atoms with Crippen molar-refractivity contribution in [1.29, 1.82) is 0 Å². The minimum absolute atomic E-state index is 0.0935. The van der Waals surface area contributed by atoms with E-state index < -0.39 is 11.4 Å². The molecule has 0 saturated carbocycles. The lowest BCUT2D eigenvalue weighted by Crippen LogP contribution is -2.51. The van der Waals surface area contributed by atoms with E-state index in [9.17, 15) is 14.7 Å². The third-order valence-electron chi connectivity index (χ3n) is 7.95. The van der Waals surface area contributed by atoms with Crippen LogP contribution >= 0.6 is 11.6 Å². The first kappa shape index (κ1) is 25.6. The summed E-state index contributed by atoms with van der Waals surface area (Å²) in [6, 6.07) is 13.5. The van der Waals surface area contributed by atoms with Crippen molar-refractivity contribution in [2.75, 3.05) is 19.7 Å². The lowest BCUT2D eigenvalue weighted by atomic mass is 9.73. The number of carboxylic acid groups (broad SMARTS) is 1. The van der Waals surface area contributed by atoms with E-state index in [0.29, 0.717) is 18.2 Å². The molecule has 2 aliphatic heterocycles. The van der Waals surface area contributed by atoms with Crippen molar-refractivity contribution in [1.82, 2.24) is 15.2 Å². The number of piperidine rings is 1. The Morgan fingerprint density at radius 3 is 2.73 bits per heavy atom. The summed E-state index contributed by atoms with van der Waals surface area (Å²) in [7, 11) is 0. The SMILES string of the molecule is C[C@@H]1COc2ccccc2CCCCC2(CCN(Cc3c(C(=O)O)[nH]c4ccc(Cl)cc34)CC2)C(=O)N1. The Hall–Kier alpha value is -3.03. The van der Waals surface area contributed by atoms with Gasteiger partial charge in [-0.3, -0.25) is 9.69 Å². The molecule has 3 aromatic rings. The molecule has 8 heteroatoms. The first-order valence-corrected chi connectivity index (χ1v) is 13.5. The van der Waals surface area contributed by atoms with Crippen LogP contribution in [0.4, 0.5) is 0 Å². The van der Waals surface area contributed by atoms with E-state index in [-0.39, 0.29) is 17.6 Å². The maximum absolute atomic E-state index is 13.6. The van der Waals surface area contributed by atoms with Crippen LogP contribution in [0.2, 0.25) is 5.02 Å².